The highest BCUT2D eigenvalue weighted by atomic mass is 19.1. The molecule has 2 rings (SSSR count). The maximum Gasteiger partial charge on any atom is 0.338 e. The fraction of sp³-hybridized carbons (Fsp3) is 0. The number of carbonyl (C=O) groups is 1. The molecule has 0 unspecified atom stereocenters. The molecule has 2 aromatic rings. The summed E-state index contributed by atoms with van der Waals surface area (Å²) in [7, 11) is 0. The van der Waals surface area contributed by atoms with Crippen LogP contribution in [0.1, 0.15) is 10.4 Å². The number of phenols is 1. The van der Waals surface area contributed by atoms with Gasteiger partial charge >= 0.3 is 5.97 Å². The van der Waals surface area contributed by atoms with E-state index in [-0.39, 0.29) is 11.1 Å². The largest absolute Gasteiger partial charge is 0.508 e. The Morgan fingerprint density at radius 3 is 2.53 bits per heavy atom. The van der Waals surface area contributed by atoms with Crippen molar-refractivity contribution in [2.45, 2.75) is 0 Å². The standard InChI is InChI=1S/C11H7FO3/c12-10-8(11(14)15)4-2-6-1-3-7(13)5-9(6)10/h1-5,13H,(H,14,15). The van der Waals surface area contributed by atoms with Gasteiger partial charge in [0.1, 0.15) is 11.6 Å². The first-order chi connectivity index (χ1) is 7.09. The van der Waals surface area contributed by atoms with Crippen molar-refractivity contribution < 1.29 is 19.4 Å². The number of halogens is 1. The van der Waals surface area contributed by atoms with E-state index < -0.39 is 17.3 Å². The SMILES string of the molecule is O=C(O)c1ccc2ccc(O)cc2c1F. The van der Waals surface area contributed by atoms with E-state index in [4.69, 9.17) is 5.11 Å². The van der Waals surface area contributed by atoms with Crippen LogP contribution in [-0.4, -0.2) is 16.2 Å². The molecular formula is C11H7FO3. The number of aromatic hydroxyl groups is 1. The molecule has 0 spiro atoms. The first-order valence-electron chi connectivity index (χ1n) is 4.24. The summed E-state index contributed by atoms with van der Waals surface area (Å²) < 4.78 is 13.6. The van der Waals surface area contributed by atoms with Crippen molar-refractivity contribution in [3.05, 3.63) is 41.7 Å². The molecule has 3 nitrogen and oxygen atoms in total. The van der Waals surface area contributed by atoms with Gasteiger partial charge in [-0.1, -0.05) is 12.1 Å². The smallest absolute Gasteiger partial charge is 0.338 e. The van der Waals surface area contributed by atoms with Crippen molar-refractivity contribution in [2.75, 3.05) is 0 Å². The van der Waals surface area contributed by atoms with Crippen molar-refractivity contribution in [1.29, 1.82) is 0 Å². The summed E-state index contributed by atoms with van der Waals surface area (Å²) in [5, 5.41) is 18.5. The molecule has 0 heterocycles. The third-order valence-corrected chi connectivity index (χ3v) is 2.17. The van der Waals surface area contributed by atoms with E-state index in [0.29, 0.717) is 5.39 Å². The van der Waals surface area contributed by atoms with Gasteiger partial charge in [0.05, 0.1) is 5.56 Å². The molecule has 0 aliphatic rings. The molecule has 0 aliphatic heterocycles. The quantitative estimate of drug-likeness (QED) is 0.753. The Kier molecular flexibility index (Phi) is 2.04. The zero-order valence-corrected chi connectivity index (χ0v) is 7.57. The first kappa shape index (κ1) is 9.45. The molecule has 0 saturated heterocycles. The topological polar surface area (TPSA) is 57.5 Å². The van der Waals surface area contributed by atoms with Crippen LogP contribution < -0.4 is 0 Å². The first-order valence-corrected chi connectivity index (χ1v) is 4.24. The summed E-state index contributed by atoms with van der Waals surface area (Å²) >= 11 is 0. The number of aromatic carboxylic acids is 1. The highest BCUT2D eigenvalue weighted by Gasteiger charge is 2.13. The van der Waals surface area contributed by atoms with E-state index in [1.807, 2.05) is 0 Å². The molecule has 0 aliphatic carbocycles. The Morgan fingerprint density at radius 1 is 1.20 bits per heavy atom. The van der Waals surface area contributed by atoms with Crippen molar-refractivity contribution >= 4 is 16.7 Å². The molecule has 0 atom stereocenters. The third kappa shape index (κ3) is 1.50. The Labute approximate surface area is 84.4 Å². The second-order valence-corrected chi connectivity index (χ2v) is 3.14. The van der Waals surface area contributed by atoms with E-state index in [9.17, 15) is 14.3 Å². The van der Waals surface area contributed by atoms with Gasteiger partial charge in [-0.3, -0.25) is 0 Å². The number of fused-ring (bicyclic) bond motifs is 1. The van der Waals surface area contributed by atoms with E-state index in [0.717, 1.165) is 0 Å². The van der Waals surface area contributed by atoms with Crippen molar-refractivity contribution in [3.63, 3.8) is 0 Å². The lowest BCUT2D eigenvalue weighted by Crippen LogP contribution is -2.00. The zero-order valence-electron chi connectivity index (χ0n) is 7.57. The number of carboxylic acid groups (broad SMARTS) is 1. The minimum absolute atomic E-state index is 0.0936. The lowest BCUT2D eigenvalue weighted by atomic mass is 10.1. The Bertz CT molecular complexity index is 549. The van der Waals surface area contributed by atoms with Crippen LogP contribution in [0.15, 0.2) is 30.3 Å². The van der Waals surface area contributed by atoms with Crippen molar-refractivity contribution in [1.82, 2.24) is 0 Å². The average Bonchev–Trinajstić information content (AvgIpc) is 2.19. The van der Waals surface area contributed by atoms with Gasteiger partial charge in [-0.15, -0.1) is 0 Å². The average molecular weight is 206 g/mol. The predicted molar refractivity (Wildman–Crippen MR) is 52.5 cm³/mol. The second-order valence-electron chi connectivity index (χ2n) is 3.14. The second kappa shape index (κ2) is 3.24. The van der Waals surface area contributed by atoms with Crippen LogP contribution in [0.3, 0.4) is 0 Å². The summed E-state index contributed by atoms with van der Waals surface area (Å²) in [5.41, 5.74) is -0.395. The van der Waals surface area contributed by atoms with Gasteiger partial charge in [0, 0.05) is 5.39 Å². The fourth-order valence-corrected chi connectivity index (χ4v) is 1.44. The molecule has 0 radical (unpaired) electrons. The van der Waals surface area contributed by atoms with E-state index in [2.05, 4.69) is 0 Å². The molecular weight excluding hydrogens is 199 g/mol. The number of hydrogen-bond donors (Lipinski definition) is 2. The number of carboxylic acids is 1. The van der Waals surface area contributed by atoms with Crippen LogP contribution in [-0.2, 0) is 0 Å². The number of rotatable bonds is 1. The molecule has 15 heavy (non-hydrogen) atoms. The van der Waals surface area contributed by atoms with Crippen molar-refractivity contribution in [2.24, 2.45) is 0 Å². The summed E-state index contributed by atoms with van der Waals surface area (Å²) in [6, 6.07) is 6.86. The van der Waals surface area contributed by atoms with Gasteiger partial charge in [0.15, 0.2) is 0 Å². The van der Waals surface area contributed by atoms with Crippen molar-refractivity contribution in [3.8, 4) is 5.75 Å². The maximum absolute atomic E-state index is 13.6. The number of hydrogen-bond acceptors (Lipinski definition) is 2. The molecule has 0 aromatic heterocycles. The van der Waals surface area contributed by atoms with Crippen LogP contribution in [0.2, 0.25) is 0 Å². The van der Waals surface area contributed by atoms with E-state index in [1.165, 1.54) is 30.3 Å². The molecule has 2 N–H and O–H groups in total. The number of phenolic OH excluding ortho intramolecular Hbond substituents is 1. The fourth-order valence-electron chi connectivity index (χ4n) is 1.44. The molecule has 4 heteroatoms. The van der Waals surface area contributed by atoms with E-state index >= 15 is 0 Å². The lowest BCUT2D eigenvalue weighted by Gasteiger charge is -2.03. The minimum Gasteiger partial charge on any atom is -0.508 e. The van der Waals surface area contributed by atoms with Crippen LogP contribution in [0.4, 0.5) is 4.39 Å². The Hall–Kier alpha value is -2.10. The van der Waals surface area contributed by atoms with Gasteiger partial charge in [0.25, 0.3) is 0 Å². The van der Waals surface area contributed by atoms with Crippen LogP contribution in [0.5, 0.6) is 5.75 Å². The molecule has 0 fully saturated rings. The Balaban J connectivity index is 2.82. The normalized spacial score (nSPS) is 10.5. The van der Waals surface area contributed by atoms with Gasteiger partial charge < -0.3 is 10.2 Å². The third-order valence-electron chi connectivity index (χ3n) is 2.17. The van der Waals surface area contributed by atoms with Crippen LogP contribution >= 0.6 is 0 Å². The predicted octanol–water partition coefficient (Wildman–Crippen LogP) is 2.38. The monoisotopic (exact) mass is 206 g/mol. The summed E-state index contributed by atoms with van der Waals surface area (Å²) in [6.07, 6.45) is 0. The van der Waals surface area contributed by atoms with Gasteiger partial charge in [-0.05, 0) is 23.6 Å². The maximum atomic E-state index is 13.6. The van der Waals surface area contributed by atoms with Crippen LogP contribution in [0.25, 0.3) is 10.8 Å². The molecule has 0 saturated carbocycles. The minimum atomic E-state index is -1.32. The van der Waals surface area contributed by atoms with Gasteiger partial charge in [-0.2, -0.15) is 0 Å². The van der Waals surface area contributed by atoms with E-state index in [1.54, 1.807) is 0 Å². The zero-order chi connectivity index (χ0) is 11.0. The summed E-state index contributed by atoms with van der Waals surface area (Å²) in [6.45, 7) is 0. The van der Waals surface area contributed by atoms with Crippen LogP contribution in [0, 0.1) is 5.82 Å². The summed E-state index contributed by atoms with van der Waals surface area (Å²) in [5.74, 6) is -2.24. The molecule has 2 aromatic carbocycles. The summed E-state index contributed by atoms with van der Waals surface area (Å²) in [4.78, 5) is 10.6. The highest BCUT2D eigenvalue weighted by Crippen LogP contribution is 2.24. The highest BCUT2D eigenvalue weighted by molar-refractivity contribution is 5.95. The number of benzene rings is 2. The van der Waals surface area contributed by atoms with Gasteiger partial charge in [0.2, 0.25) is 0 Å². The molecule has 0 amide bonds. The van der Waals surface area contributed by atoms with Gasteiger partial charge in [-0.25, -0.2) is 9.18 Å². The molecule has 76 valence electrons. The lowest BCUT2D eigenvalue weighted by molar-refractivity contribution is 0.0692. The molecule has 0 bridgehead atoms. The Morgan fingerprint density at radius 2 is 1.87 bits per heavy atom.